The van der Waals surface area contributed by atoms with E-state index in [4.69, 9.17) is 11.6 Å². The van der Waals surface area contributed by atoms with Crippen LogP contribution in [0.25, 0.3) is 43.8 Å². The van der Waals surface area contributed by atoms with Crippen LogP contribution in [0.4, 0.5) is 0 Å². The van der Waals surface area contributed by atoms with E-state index in [9.17, 15) is 5.11 Å². The van der Waals surface area contributed by atoms with Crippen LogP contribution in [0.15, 0.2) is 61.1 Å². The molecule has 0 aliphatic heterocycles. The summed E-state index contributed by atoms with van der Waals surface area (Å²) < 4.78 is 0. The molecule has 3 aromatic heterocycles. The highest BCUT2D eigenvalue weighted by molar-refractivity contribution is 6.34. The molecule has 0 unspecified atom stereocenters. The van der Waals surface area contributed by atoms with E-state index < -0.39 is 0 Å². The summed E-state index contributed by atoms with van der Waals surface area (Å²) in [5.74, 6) is 0.140. The van der Waals surface area contributed by atoms with E-state index in [1.54, 1.807) is 18.3 Å². The predicted octanol–water partition coefficient (Wildman–Crippen LogP) is 5.29. The zero-order valence-corrected chi connectivity index (χ0v) is 13.7. The first-order valence-electron chi connectivity index (χ1n) is 7.85. The normalized spacial score (nSPS) is 11.6. The summed E-state index contributed by atoms with van der Waals surface area (Å²) in [6.07, 6.45) is 5.55. The van der Waals surface area contributed by atoms with E-state index in [1.165, 1.54) is 6.07 Å². The molecule has 0 radical (unpaired) electrons. The zero-order valence-electron chi connectivity index (χ0n) is 13.0. The molecule has 5 rings (SSSR count). The summed E-state index contributed by atoms with van der Waals surface area (Å²) in [6.45, 7) is 0. The maximum Gasteiger partial charge on any atom is 0.117 e. The number of phenols is 1. The smallest absolute Gasteiger partial charge is 0.117 e. The van der Waals surface area contributed by atoms with Gasteiger partial charge in [-0.25, -0.2) is 0 Å². The van der Waals surface area contributed by atoms with E-state index in [0.717, 1.165) is 43.8 Å². The average molecular weight is 346 g/mol. The lowest BCUT2D eigenvalue weighted by Crippen LogP contribution is -1.87. The minimum atomic E-state index is 0.140. The molecule has 2 N–H and O–H groups in total. The number of benzene rings is 1. The van der Waals surface area contributed by atoms with Gasteiger partial charge in [0, 0.05) is 45.9 Å². The number of phenolic OH excluding ortho intramolecular Hbond substituents is 1. The molecular weight excluding hydrogens is 334 g/mol. The van der Waals surface area contributed by atoms with E-state index in [0.29, 0.717) is 5.02 Å². The van der Waals surface area contributed by atoms with Gasteiger partial charge in [0.15, 0.2) is 0 Å². The van der Waals surface area contributed by atoms with E-state index in [1.807, 2.05) is 24.5 Å². The van der Waals surface area contributed by atoms with Crippen molar-refractivity contribution in [2.24, 2.45) is 0 Å². The number of halogens is 1. The van der Waals surface area contributed by atoms with Gasteiger partial charge in [-0.2, -0.15) is 0 Å². The molecule has 0 aliphatic rings. The Bertz CT molecular complexity index is 1280. The molecule has 2 aromatic carbocycles. The van der Waals surface area contributed by atoms with Crippen molar-refractivity contribution in [3.05, 3.63) is 66.1 Å². The predicted molar refractivity (Wildman–Crippen MR) is 101 cm³/mol. The molecule has 0 amide bonds. The third-order valence-electron chi connectivity index (χ3n) is 4.49. The summed E-state index contributed by atoms with van der Waals surface area (Å²) in [5, 5.41) is 13.2. The fraction of sp³-hybridized carbons (Fsp3) is 0. The Labute approximate surface area is 147 Å². The van der Waals surface area contributed by atoms with Crippen LogP contribution in [-0.4, -0.2) is 20.1 Å². The van der Waals surface area contributed by atoms with Crippen molar-refractivity contribution in [1.82, 2.24) is 15.0 Å². The lowest BCUT2D eigenvalue weighted by atomic mass is 10.0. The highest BCUT2D eigenvalue weighted by Gasteiger charge is 2.15. The van der Waals surface area contributed by atoms with Gasteiger partial charge in [0.2, 0.25) is 0 Å². The molecule has 25 heavy (non-hydrogen) atoms. The molecule has 0 spiro atoms. The highest BCUT2D eigenvalue weighted by Crippen LogP contribution is 2.38. The minimum Gasteiger partial charge on any atom is -0.508 e. The van der Waals surface area contributed by atoms with Crippen molar-refractivity contribution in [2.75, 3.05) is 0 Å². The molecule has 4 nitrogen and oxygen atoms in total. The second kappa shape index (κ2) is 5.19. The van der Waals surface area contributed by atoms with Crippen LogP contribution in [-0.2, 0) is 0 Å². The molecule has 0 aliphatic carbocycles. The molecule has 0 atom stereocenters. The van der Waals surface area contributed by atoms with Crippen molar-refractivity contribution >= 4 is 44.3 Å². The van der Waals surface area contributed by atoms with Crippen molar-refractivity contribution < 1.29 is 5.11 Å². The molecule has 0 saturated heterocycles. The van der Waals surface area contributed by atoms with Crippen molar-refractivity contribution in [1.29, 1.82) is 0 Å². The molecule has 0 saturated carbocycles. The summed E-state index contributed by atoms with van der Waals surface area (Å²) in [6, 6.07) is 13.1. The Morgan fingerprint density at radius 1 is 0.920 bits per heavy atom. The number of fused-ring (bicyclic) bond motifs is 2. The lowest BCUT2D eigenvalue weighted by molar-refractivity contribution is 0.475. The maximum absolute atomic E-state index is 9.61. The monoisotopic (exact) mass is 345 g/mol. The van der Waals surface area contributed by atoms with Crippen molar-refractivity contribution in [2.45, 2.75) is 0 Å². The molecule has 0 fully saturated rings. The van der Waals surface area contributed by atoms with Gasteiger partial charge >= 0.3 is 0 Å². The number of rotatable bonds is 1. The third kappa shape index (κ3) is 2.08. The number of hydrogen-bond donors (Lipinski definition) is 2. The molecule has 3 heterocycles. The van der Waals surface area contributed by atoms with E-state index in [2.05, 4.69) is 27.1 Å². The highest BCUT2D eigenvalue weighted by atomic mass is 35.5. The van der Waals surface area contributed by atoms with Crippen LogP contribution < -0.4 is 0 Å². The van der Waals surface area contributed by atoms with Crippen molar-refractivity contribution in [3.63, 3.8) is 0 Å². The zero-order chi connectivity index (χ0) is 17.0. The van der Waals surface area contributed by atoms with E-state index >= 15 is 0 Å². The minimum absolute atomic E-state index is 0.140. The summed E-state index contributed by atoms with van der Waals surface area (Å²) in [4.78, 5) is 12.6. The van der Waals surface area contributed by atoms with Crippen LogP contribution in [0.3, 0.4) is 0 Å². The summed E-state index contributed by atoms with van der Waals surface area (Å²) in [5.41, 5.74) is 4.42. The fourth-order valence-electron chi connectivity index (χ4n) is 3.33. The molecular formula is C20H12ClN3O. The quantitative estimate of drug-likeness (QED) is 0.434. The van der Waals surface area contributed by atoms with E-state index in [-0.39, 0.29) is 5.75 Å². The standard InChI is InChI=1S/C20H12ClN3O/c21-16-8-13(25)5-6-14(16)15-10-24-20-17-12(9-23-19(15)17)4-3-11-2-1-7-22-18(11)20/h1-10,24-25H. The van der Waals surface area contributed by atoms with Gasteiger partial charge in [0.05, 0.1) is 21.6 Å². The van der Waals surface area contributed by atoms with Crippen LogP contribution in [0, 0.1) is 0 Å². The van der Waals surface area contributed by atoms with Gasteiger partial charge < -0.3 is 10.1 Å². The first-order chi connectivity index (χ1) is 12.2. The molecule has 5 aromatic rings. The number of aromatic amines is 1. The van der Waals surface area contributed by atoms with Gasteiger partial charge in [-0.1, -0.05) is 29.8 Å². The number of nitrogens with zero attached hydrogens (tertiary/aromatic N) is 2. The number of aromatic nitrogens is 3. The van der Waals surface area contributed by atoms with Crippen LogP contribution in [0.2, 0.25) is 5.02 Å². The van der Waals surface area contributed by atoms with Gasteiger partial charge in [-0.3, -0.25) is 9.97 Å². The topological polar surface area (TPSA) is 61.8 Å². The Kier molecular flexibility index (Phi) is 2.96. The van der Waals surface area contributed by atoms with Gasteiger partial charge in [0.25, 0.3) is 0 Å². The van der Waals surface area contributed by atoms with Crippen LogP contribution in [0.5, 0.6) is 5.75 Å². The number of aromatic hydroxyl groups is 1. The van der Waals surface area contributed by atoms with Crippen LogP contribution >= 0.6 is 11.6 Å². The SMILES string of the molecule is Oc1ccc(-c2c[nH]c3c4ncccc4ccc4cnc2c43)c(Cl)c1. The van der Waals surface area contributed by atoms with Gasteiger partial charge in [-0.15, -0.1) is 0 Å². The average Bonchev–Trinajstić information content (AvgIpc) is 2.97. The Morgan fingerprint density at radius 3 is 2.68 bits per heavy atom. The molecule has 5 heteroatoms. The maximum atomic E-state index is 9.61. The fourth-order valence-corrected chi connectivity index (χ4v) is 3.61. The Hall–Kier alpha value is -3.11. The summed E-state index contributed by atoms with van der Waals surface area (Å²) >= 11 is 6.34. The first-order valence-corrected chi connectivity index (χ1v) is 8.22. The van der Waals surface area contributed by atoms with Gasteiger partial charge in [-0.05, 0) is 24.3 Å². The second-order valence-corrected chi connectivity index (χ2v) is 6.36. The Morgan fingerprint density at radius 2 is 1.80 bits per heavy atom. The number of nitrogens with one attached hydrogen (secondary N) is 1. The Balaban J connectivity index is 1.95. The first kappa shape index (κ1) is 14.3. The number of hydrogen-bond acceptors (Lipinski definition) is 3. The lowest BCUT2D eigenvalue weighted by Gasteiger charge is -2.08. The van der Waals surface area contributed by atoms with Crippen LogP contribution in [0.1, 0.15) is 0 Å². The number of H-pyrrole nitrogens is 1. The largest absolute Gasteiger partial charge is 0.508 e. The summed E-state index contributed by atoms with van der Waals surface area (Å²) in [7, 11) is 0. The van der Waals surface area contributed by atoms with Gasteiger partial charge in [0.1, 0.15) is 5.75 Å². The molecule has 120 valence electrons. The second-order valence-electron chi connectivity index (χ2n) is 5.95. The van der Waals surface area contributed by atoms with Crippen molar-refractivity contribution in [3.8, 4) is 16.9 Å². The third-order valence-corrected chi connectivity index (χ3v) is 4.80. The molecule has 0 bridgehead atoms. The number of pyridine rings is 2.